The van der Waals surface area contributed by atoms with Crippen LogP contribution in [0.15, 0.2) is 48.5 Å². The molecule has 21 heavy (non-hydrogen) atoms. The molecule has 0 unspecified atom stereocenters. The summed E-state index contributed by atoms with van der Waals surface area (Å²) >= 11 is 0. The SMILES string of the molecule is CN(C(=O)c1ccccc1C(=O)O)c1cccc(C#N)c1. The Morgan fingerprint density at radius 3 is 2.38 bits per heavy atom. The number of nitriles is 1. The van der Waals surface area contributed by atoms with Crippen molar-refractivity contribution in [3.05, 3.63) is 65.2 Å². The predicted octanol–water partition coefficient (Wildman–Crippen LogP) is 2.53. The first-order valence-corrected chi connectivity index (χ1v) is 6.15. The van der Waals surface area contributed by atoms with E-state index in [9.17, 15) is 9.59 Å². The standard InChI is InChI=1S/C16H12N2O3/c1-18(12-6-4-5-11(9-12)10-17)15(19)13-7-2-3-8-14(13)16(20)21/h2-9H,1H3,(H,20,21). The largest absolute Gasteiger partial charge is 0.478 e. The second kappa shape index (κ2) is 5.88. The Kier molecular flexibility index (Phi) is 4.00. The molecule has 0 aliphatic rings. The number of carbonyl (C=O) groups is 2. The first-order valence-electron chi connectivity index (χ1n) is 6.15. The highest BCUT2D eigenvalue weighted by atomic mass is 16.4. The lowest BCUT2D eigenvalue weighted by atomic mass is 10.1. The van der Waals surface area contributed by atoms with Gasteiger partial charge in [-0.2, -0.15) is 5.26 Å². The van der Waals surface area contributed by atoms with E-state index < -0.39 is 11.9 Å². The lowest BCUT2D eigenvalue weighted by Gasteiger charge is -2.18. The molecule has 0 fully saturated rings. The minimum atomic E-state index is -1.15. The molecule has 2 aromatic rings. The number of hydrogen-bond acceptors (Lipinski definition) is 3. The van der Waals surface area contributed by atoms with Crippen molar-refractivity contribution in [3.8, 4) is 6.07 Å². The Balaban J connectivity index is 2.40. The molecule has 0 saturated heterocycles. The van der Waals surface area contributed by atoms with Crippen molar-refractivity contribution in [1.29, 1.82) is 5.26 Å². The van der Waals surface area contributed by atoms with Gasteiger partial charge < -0.3 is 10.0 Å². The fourth-order valence-corrected chi connectivity index (χ4v) is 1.94. The van der Waals surface area contributed by atoms with Crippen LogP contribution in [0.3, 0.4) is 0 Å². The van der Waals surface area contributed by atoms with Gasteiger partial charge in [0.1, 0.15) is 0 Å². The molecule has 104 valence electrons. The molecular formula is C16H12N2O3. The summed E-state index contributed by atoms with van der Waals surface area (Å²) in [5, 5.41) is 18.0. The number of carboxylic acids is 1. The van der Waals surface area contributed by atoms with E-state index >= 15 is 0 Å². The number of anilines is 1. The fourth-order valence-electron chi connectivity index (χ4n) is 1.94. The molecule has 0 aliphatic carbocycles. The highest BCUT2D eigenvalue weighted by Crippen LogP contribution is 2.19. The Labute approximate surface area is 121 Å². The number of benzene rings is 2. The van der Waals surface area contributed by atoms with Crippen molar-refractivity contribution >= 4 is 17.6 Å². The maximum Gasteiger partial charge on any atom is 0.336 e. The molecule has 2 aromatic carbocycles. The summed E-state index contributed by atoms with van der Waals surface area (Å²) in [6.45, 7) is 0. The topological polar surface area (TPSA) is 81.4 Å². The highest BCUT2D eigenvalue weighted by molar-refractivity contribution is 6.11. The van der Waals surface area contributed by atoms with Gasteiger partial charge in [-0.1, -0.05) is 18.2 Å². The van der Waals surface area contributed by atoms with Gasteiger partial charge >= 0.3 is 5.97 Å². The van der Waals surface area contributed by atoms with Crippen molar-refractivity contribution in [2.45, 2.75) is 0 Å². The summed E-state index contributed by atoms with van der Waals surface area (Å²) in [5.41, 5.74) is 1.01. The van der Waals surface area contributed by atoms with Crippen LogP contribution in [0.4, 0.5) is 5.69 Å². The molecule has 0 heterocycles. The molecule has 0 aromatic heterocycles. The van der Waals surface area contributed by atoms with Crippen LogP contribution < -0.4 is 4.90 Å². The monoisotopic (exact) mass is 280 g/mol. The number of amides is 1. The van der Waals surface area contributed by atoms with Gasteiger partial charge in [-0.25, -0.2) is 4.79 Å². The molecule has 2 rings (SSSR count). The van der Waals surface area contributed by atoms with E-state index in [0.29, 0.717) is 11.3 Å². The maximum absolute atomic E-state index is 12.4. The molecule has 0 bridgehead atoms. The van der Waals surface area contributed by atoms with Gasteiger partial charge in [0.15, 0.2) is 0 Å². The molecule has 5 nitrogen and oxygen atoms in total. The summed E-state index contributed by atoms with van der Waals surface area (Å²) in [6.07, 6.45) is 0. The fraction of sp³-hybridized carbons (Fsp3) is 0.0625. The molecule has 0 saturated carbocycles. The zero-order valence-corrected chi connectivity index (χ0v) is 11.3. The second-order valence-corrected chi connectivity index (χ2v) is 4.38. The third kappa shape index (κ3) is 2.90. The average Bonchev–Trinajstić information content (AvgIpc) is 2.53. The van der Waals surface area contributed by atoms with Crippen LogP contribution in [0.5, 0.6) is 0 Å². The second-order valence-electron chi connectivity index (χ2n) is 4.38. The molecule has 0 atom stereocenters. The number of carbonyl (C=O) groups excluding carboxylic acids is 1. The Morgan fingerprint density at radius 1 is 1.10 bits per heavy atom. The van der Waals surface area contributed by atoms with Gasteiger partial charge in [0.2, 0.25) is 0 Å². The molecule has 0 aliphatic heterocycles. The molecule has 0 spiro atoms. The van der Waals surface area contributed by atoms with E-state index in [0.717, 1.165) is 0 Å². The van der Waals surface area contributed by atoms with E-state index in [1.807, 2.05) is 6.07 Å². The van der Waals surface area contributed by atoms with Crippen molar-refractivity contribution in [2.24, 2.45) is 0 Å². The predicted molar refractivity (Wildman–Crippen MR) is 77.3 cm³/mol. The van der Waals surface area contributed by atoms with Crippen molar-refractivity contribution in [2.75, 3.05) is 11.9 Å². The van der Waals surface area contributed by atoms with Crippen molar-refractivity contribution in [3.63, 3.8) is 0 Å². The number of aromatic carboxylic acids is 1. The first kappa shape index (κ1) is 14.3. The van der Waals surface area contributed by atoms with Gasteiger partial charge in [-0.3, -0.25) is 4.79 Å². The van der Waals surface area contributed by atoms with Crippen LogP contribution >= 0.6 is 0 Å². The third-order valence-corrected chi connectivity index (χ3v) is 3.06. The van der Waals surface area contributed by atoms with Crippen LogP contribution in [-0.2, 0) is 0 Å². The van der Waals surface area contributed by atoms with Crippen LogP contribution in [-0.4, -0.2) is 24.0 Å². The smallest absolute Gasteiger partial charge is 0.336 e. The van der Waals surface area contributed by atoms with Gasteiger partial charge in [-0.15, -0.1) is 0 Å². The van der Waals surface area contributed by atoms with Crippen LogP contribution in [0, 0.1) is 11.3 Å². The van der Waals surface area contributed by atoms with Gasteiger partial charge in [0.25, 0.3) is 5.91 Å². The minimum Gasteiger partial charge on any atom is -0.478 e. The zero-order valence-electron chi connectivity index (χ0n) is 11.3. The Morgan fingerprint density at radius 2 is 1.76 bits per heavy atom. The Bertz CT molecular complexity index is 747. The van der Waals surface area contributed by atoms with E-state index in [4.69, 9.17) is 10.4 Å². The van der Waals surface area contributed by atoms with E-state index in [-0.39, 0.29) is 11.1 Å². The number of carboxylic acid groups (broad SMARTS) is 1. The quantitative estimate of drug-likeness (QED) is 0.936. The normalized spacial score (nSPS) is 9.71. The lowest BCUT2D eigenvalue weighted by Crippen LogP contribution is -2.28. The van der Waals surface area contributed by atoms with Crippen molar-refractivity contribution < 1.29 is 14.7 Å². The summed E-state index contributed by atoms with van der Waals surface area (Å²) in [6, 6.07) is 14.6. The number of hydrogen-bond donors (Lipinski definition) is 1. The molecule has 1 N–H and O–H groups in total. The van der Waals surface area contributed by atoms with Crippen LogP contribution in [0.2, 0.25) is 0 Å². The van der Waals surface area contributed by atoms with E-state index in [1.54, 1.807) is 36.4 Å². The van der Waals surface area contributed by atoms with E-state index in [1.165, 1.54) is 24.1 Å². The number of nitrogens with zero attached hydrogens (tertiary/aromatic N) is 2. The molecule has 5 heteroatoms. The molecule has 1 amide bonds. The Hall–Kier alpha value is -3.13. The lowest BCUT2D eigenvalue weighted by molar-refractivity contribution is 0.0692. The molecule has 0 radical (unpaired) electrons. The third-order valence-electron chi connectivity index (χ3n) is 3.06. The summed E-state index contributed by atoms with van der Waals surface area (Å²) in [5.74, 6) is -1.60. The highest BCUT2D eigenvalue weighted by Gasteiger charge is 2.20. The minimum absolute atomic E-state index is 0.0502. The zero-order chi connectivity index (χ0) is 15.4. The van der Waals surface area contributed by atoms with Crippen LogP contribution in [0.25, 0.3) is 0 Å². The van der Waals surface area contributed by atoms with Gasteiger partial charge in [0.05, 0.1) is 22.8 Å². The summed E-state index contributed by atoms with van der Waals surface area (Å²) in [7, 11) is 1.54. The summed E-state index contributed by atoms with van der Waals surface area (Å²) in [4.78, 5) is 24.9. The number of rotatable bonds is 3. The van der Waals surface area contributed by atoms with Crippen LogP contribution in [0.1, 0.15) is 26.3 Å². The first-order chi connectivity index (χ1) is 10.0. The van der Waals surface area contributed by atoms with Gasteiger partial charge in [0, 0.05) is 12.7 Å². The maximum atomic E-state index is 12.4. The van der Waals surface area contributed by atoms with Gasteiger partial charge in [-0.05, 0) is 30.3 Å². The average molecular weight is 280 g/mol. The van der Waals surface area contributed by atoms with E-state index in [2.05, 4.69) is 0 Å². The summed E-state index contributed by atoms with van der Waals surface area (Å²) < 4.78 is 0. The van der Waals surface area contributed by atoms with Crippen molar-refractivity contribution in [1.82, 2.24) is 0 Å². The molecular weight excluding hydrogens is 268 g/mol.